The van der Waals surface area contributed by atoms with Gasteiger partial charge in [0.15, 0.2) is 5.82 Å². The molecular formula is C10H12BrFN2OS. The van der Waals surface area contributed by atoms with Crippen molar-refractivity contribution in [3.63, 3.8) is 0 Å². The number of anilines is 1. The van der Waals surface area contributed by atoms with Gasteiger partial charge in [-0.2, -0.15) is 0 Å². The third-order valence-electron chi connectivity index (χ3n) is 2.17. The smallest absolute Gasteiger partial charge is 0.161 e. The van der Waals surface area contributed by atoms with Crippen molar-refractivity contribution in [1.82, 2.24) is 0 Å². The van der Waals surface area contributed by atoms with Gasteiger partial charge in [-0.3, -0.25) is 0 Å². The highest BCUT2D eigenvalue weighted by Gasteiger charge is 2.15. The molecule has 0 saturated carbocycles. The minimum atomic E-state index is -0.429. The van der Waals surface area contributed by atoms with E-state index < -0.39 is 5.82 Å². The van der Waals surface area contributed by atoms with Crippen LogP contribution in [0, 0.1) is 5.82 Å². The second-order valence-electron chi connectivity index (χ2n) is 3.27. The Hall–Kier alpha value is -0.720. The Morgan fingerprint density at radius 2 is 2.25 bits per heavy atom. The summed E-state index contributed by atoms with van der Waals surface area (Å²) in [5.41, 5.74) is 6.31. The summed E-state index contributed by atoms with van der Waals surface area (Å²) in [5.74, 6) is -0.429. The first kappa shape index (κ1) is 13.3. The summed E-state index contributed by atoms with van der Waals surface area (Å²) in [6.07, 6.45) is 0. The normalized spacial score (nSPS) is 10.2. The average Bonchev–Trinajstić information content (AvgIpc) is 2.21. The van der Waals surface area contributed by atoms with Crippen LogP contribution in [0.4, 0.5) is 10.1 Å². The van der Waals surface area contributed by atoms with Crippen molar-refractivity contribution in [2.45, 2.75) is 0 Å². The lowest BCUT2D eigenvalue weighted by atomic mass is 10.2. The van der Waals surface area contributed by atoms with Crippen molar-refractivity contribution >= 4 is 38.8 Å². The van der Waals surface area contributed by atoms with Crippen LogP contribution in [0.1, 0.15) is 5.56 Å². The minimum absolute atomic E-state index is 0.0371. The van der Waals surface area contributed by atoms with Crippen molar-refractivity contribution in [3.05, 3.63) is 28.0 Å². The maximum absolute atomic E-state index is 13.9. The molecular weight excluding hydrogens is 295 g/mol. The number of aliphatic hydroxyl groups is 1. The molecule has 0 radical (unpaired) electrons. The molecule has 6 heteroatoms. The predicted molar refractivity (Wildman–Crippen MR) is 70.3 cm³/mol. The van der Waals surface area contributed by atoms with E-state index in [2.05, 4.69) is 15.9 Å². The second-order valence-corrected chi connectivity index (χ2v) is 4.50. The first-order valence-corrected chi connectivity index (χ1v) is 5.79. The number of rotatable bonds is 4. The SMILES string of the molecule is CN(CCO)c1ccc(C(N)=S)c(Br)c1F. The van der Waals surface area contributed by atoms with Crippen LogP contribution in [0.15, 0.2) is 16.6 Å². The van der Waals surface area contributed by atoms with Crippen molar-refractivity contribution < 1.29 is 9.50 Å². The molecule has 0 aliphatic heterocycles. The lowest BCUT2D eigenvalue weighted by Gasteiger charge is -2.20. The molecule has 0 aliphatic carbocycles. The number of hydrogen-bond acceptors (Lipinski definition) is 3. The number of nitrogens with two attached hydrogens (primary N) is 1. The molecule has 3 nitrogen and oxygen atoms in total. The number of aliphatic hydroxyl groups excluding tert-OH is 1. The third-order valence-corrected chi connectivity index (χ3v) is 3.17. The number of likely N-dealkylation sites (N-methyl/N-ethyl adjacent to an activating group) is 1. The highest BCUT2D eigenvalue weighted by Crippen LogP contribution is 2.28. The van der Waals surface area contributed by atoms with Crippen LogP contribution >= 0.6 is 28.1 Å². The Bertz CT molecular complexity index is 414. The van der Waals surface area contributed by atoms with Crippen LogP contribution in [0.2, 0.25) is 0 Å². The molecule has 0 amide bonds. The number of hydrogen-bond donors (Lipinski definition) is 2. The van der Waals surface area contributed by atoms with Gasteiger partial charge in [0.1, 0.15) is 4.99 Å². The molecule has 0 aliphatic rings. The van der Waals surface area contributed by atoms with Crippen LogP contribution in [0.5, 0.6) is 0 Å². The largest absolute Gasteiger partial charge is 0.395 e. The van der Waals surface area contributed by atoms with Crippen molar-refractivity contribution in [2.75, 3.05) is 25.1 Å². The van der Waals surface area contributed by atoms with Gasteiger partial charge in [-0.1, -0.05) is 12.2 Å². The lowest BCUT2D eigenvalue weighted by molar-refractivity contribution is 0.303. The maximum atomic E-state index is 13.9. The first-order chi connectivity index (χ1) is 7.49. The van der Waals surface area contributed by atoms with Gasteiger partial charge < -0.3 is 15.7 Å². The van der Waals surface area contributed by atoms with Crippen LogP contribution < -0.4 is 10.6 Å². The Balaban J connectivity index is 3.16. The molecule has 88 valence electrons. The minimum Gasteiger partial charge on any atom is -0.395 e. The fourth-order valence-corrected chi connectivity index (χ4v) is 2.15. The van der Waals surface area contributed by atoms with E-state index in [1.54, 1.807) is 24.1 Å². The van der Waals surface area contributed by atoms with E-state index in [0.29, 0.717) is 17.8 Å². The lowest BCUT2D eigenvalue weighted by Crippen LogP contribution is -2.23. The quantitative estimate of drug-likeness (QED) is 0.831. The third kappa shape index (κ3) is 2.69. The molecule has 16 heavy (non-hydrogen) atoms. The van der Waals surface area contributed by atoms with Gasteiger partial charge in [0, 0.05) is 19.2 Å². The molecule has 0 fully saturated rings. The summed E-state index contributed by atoms with van der Waals surface area (Å²) in [4.78, 5) is 1.76. The Labute approximate surface area is 107 Å². The van der Waals surface area contributed by atoms with E-state index in [-0.39, 0.29) is 16.1 Å². The molecule has 0 atom stereocenters. The number of thiocarbonyl (C=S) groups is 1. The number of nitrogens with zero attached hydrogens (tertiary/aromatic N) is 1. The molecule has 3 N–H and O–H groups in total. The topological polar surface area (TPSA) is 49.5 Å². The van der Waals surface area contributed by atoms with Gasteiger partial charge in [-0.25, -0.2) is 4.39 Å². The van der Waals surface area contributed by atoms with E-state index in [9.17, 15) is 4.39 Å². The fraction of sp³-hybridized carbons (Fsp3) is 0.300. The molecule has 0 unspecified atom stereocenters. The van der Waals surface area contributed by atoms with Gasteiger partial charge in [0.2, 0.25) is 0 Å². The summed E-state index contributed by atoms with van der Waals surface area (Å²) in [7, 11) is 1.70. The highest BCUT2D eigenvalue weighted by molar-refractivity contribution is 9.10. The van der Waals surface area contributed by atoms with E-state index in [4.69, 9.17) is 23.1 Å². The van der Waals surface area contributed by atoms with Gasteiger partial charge in [0.25, 0.3) is 0 Å². The van der Waals surface area contributed by atoms with Crippen molar-refractivity contribution in [2.24, 2.45) is 5.73 Å². The Kier molecular flexibility index (Phi) is 4.64. The predicted octanol–water partition coefficient (Wildman–Crippen LogP) is 1.65. The molecule has 0 bridgehead atoms. The average molecular weight is 307 g/mol. The highest BCUT2D eigenvalue weighted by atomic mass is 79.9. The Morgan fingerprint density at radius 1 is 1.62 bits per heavy atom. The zero-order chi connectivity index (χ0) is 12.3. The van der Waals surface area contributed by atoms with Gasteiger partial charge >= 0.3 is 0 Å². The summed E-state index contributed by atoms with van der Waals surface area (Å²) in [6.45, 7) is 0.320. The molecule has 0 saturated heterocycles. The van der Waals surface area contributed by atoms with Gasteiger partial charge in [0.05, 0.1) is 16.8 Å². The van der Waals surface area contributed by atoms with E-state index in [0.717, 1.165) is 0 Å². The molecule has 1 aromatic rings. The number of benzene rings is 1. The van der Waals surface area contributed by atoms with Crippen molar-refractivity contribution in [3.8, 4) is 0 Å². The second kappa shape index (κ2) is 5.56. The molecule has 0 heterocycles. The zero-order valence-electron chi connectivity index (χ0n) is 8.70. The summed E-state index contributed by atoms with van der Waals surface area (Å²) >= 11 is 7.92. The van der Waals surface area contributed by atoms with E-state index in [1.165, 1.54) is 0 Å². The summed E-state index contributed by atoms with van der Waals surface area (Å²) in [6, 6.07) is 3.24. The molecule has 1 aromatic carbocycles. The molecule has 0 spiro atoms. The van der Waals surface area contributed by atoms with E-state index >= 15 is 0 Å². The van der Waals surface area contributed by atoms with Gasteiger partial charge in [-0.15, -0.1) is 0 Å². The number of halogens is 2. The maximum Gasteiger partial charge on any atom is 0.161 e. The Morgan fingerprint density at radius 3 is 2.75 bits per heavy atom. The monoisotopic (exact) mass is 306 g/mol. The van der Waals surface area contributed by atoms with E-state index in [1.807, 2.05) is 0 Å². The fourth-order valence-electron chi connectivity index (χ4n) is 1.29. The zero-order valence-corrected chi connectivity index (χ0v) is 11.1. The van der Waals surface area contributed by atoms with Crippen LogP contribution in [0.25, 0.3) is 0 Å². The van der Waals surface area contributed by atoms with Crippen LogP contribution in [0.3, 0.4) is 0 Å². The standard InChI is InChI=1S/C10H12BrFN2OS/c1-14(4-5-15)7-3-2-6(10(13)16)8(11)9(7)12/h2-3,15H,4-5H2,1H3,(H2,13,16). The molecule has 0 aromatic heterocycles. The van der Waals surface area contributed by atoms with Gasteiger partial charge in [-0.05, 0) is 28.1 Å². The van der Waals surface area contributed by atoms with Crippen molar-refractivity contribution in [1.29, 1.82) is 0 Å². The van der Waals surface area contributed by atoms with Crippen LogP contribution in [-0.2, 0) is 0 Å². The summed E-state index contributed by atoms with van der Waals surface area (Å²) in [5, 5.41) is 8.78. The summed E-state index contributed by atoms with van der Waals surface area (Å²) < 4.78 is 14.2. The van der Waals surface area contributed by atoms with Crippen LogP contribution in [-0.4, -0.2) is 30.3 Å². The first-order valence-electron chi connectivity index (χ1n) is 4.58. The molecule has 1 rings (SSSR count).